The molecule has 0 aromatic heterocycles. The van der Waals surface area contributed by atoms with Crippen LogP contribution in [0.3, 0.4) is 0 Å². The number of nitrogens with one attached hydrogen (secondary N) is 1. The van der Waals surface area contributed by atoms with Crippen LogP contribution in [-0.2, 0) is 35.9 Å². The fraction of sp³-hybridized carbons (Fsp3) is 0.304. The van der Waals surface area contributed by atoms with Crippen molar-refractivity contribution in [1.82, 2.24) is 0 Å². The van der Waals surface area contributed by atoms with Gasteiger partial charge in [0.1, 0.15) is 17.8 Å². The summed E-state index contributed by atoms with van der Waals surface area (Å²) >= 11 is -2.44. The molecule has 0 spiro atoms. The first-order chi connectivity index (χ1) is 15.9. The van der Waals surface area contributed by atoms with E-state index in [1.54, 1.807) is 30.3 Å². The van der Waals surface area contributed by atoms with Crippen molar-refractivity contribution >= 4 is 40.5 Å². The second-order valence-electron chi connectivity index (χ2n) is 6.68. The molecule has 1 N–H and O–H groups in total. The highest BCUT2D eigenvalue weighted by molar-refractivity contribution is 7.78. The van der Waals surface area contributed by atoms with Crippen LogP contribution in [0.1, 0.15) is 29.5 Å². The minimum atomic E-state index is -2.44. The van der Waals surface area contributed by atoms with Crippen LogP contribution in [0.5, 0.6) is 11.5 Å². The van der Waals surface area contributed by atoms with Gasteiger partial charge in [-0.3, -0.25) is 9.00 Å². The monoisotopic (exact) mass is 476 g/mol. The van der Waals surface area contributed by atoms with Crippen molar-refractivity contribution in [3.63, 3.8) is 0 Å². The van der Waals surface area contributed by atoms with Crippen LogP contribution in [0.4, 0.5) is 5.69 Å². The molecule has 0 radical (unpaired) electrons. The zero-order chi connectivity index (χ0) is 24.4. The minimum Gasteiger partial charge on any atom is -0.772 e. The first-order valence-electron chi connectivity index (χ1n) is 9.86. The number of amides is 1. The molecule has 0 bridgehead atoms. The highest BCUT2D eigenvalue weighted by Gasteiger charge is 2.22. The molecule has 0 fully saturated rings. The van der Waals surface area contributed by atoms with Gasteiger partial charge in [0.05, 0.1) is 39.7 Å². The number of hydrogen-bond acceptors (Lipinski definition) is 8. The summed E-state index contributed by atoms with van der Waals surface area (Å²) in [5.74, 6) is 0.610. The van der Waals surface area contributed by atoms with Crippen molar-refractivity contribution in [2.75, 3.05) is 33.8 Å². The number of ether oxygens (including phenoxy) is 4. The molecule has 2 aromatic carbocycles. The van der Waals surface area contributed by atoms with Crippen LogP contribution in [0.25, 0.3) is 11.5 Å². The molecule has 1 unspecified atom stereocenters. The Balaban J connectivity index is 2.73. The van der Waals surface area contributed by atoms with Crippen LogP contribution < -0.4 is 14.8 Å². The first-order valence-corrected chi connectivity index (χ1v) is 11.1. The zero-order valence-electron chi connectivity index (χ0n) is 18.8. The second-order valence-corrected chi connectivity index (χ2v) is 7.57. The molecule has 0 saturated carbocycles. The third kappa shape index (κ3) is 6.56. The van der Waals surface area contributed by atoms with Gasteiger partial charge >= 0.3 is 0 Å². The van der Waals surface area contributed by atoms with Gasteiger partial charge in [-0.2, -0.15) is 0 Å². The van der Waals surface area contributed by atoms with E-state index in [-0.39, 0.29) is 35.8 Å². The summed E-state index contributed by atoms with van der Waals surface area (Å²) in [6.07, 6.45) is 0.699. The lowest BCUT2D eigenvalue weighted by molar-refractivity contribution is -0.118. The first kappa shape index (κ1) is 25.9. The minimum absolute atomic E-state index is 0.0118. The Labute approximate surface area is 195 Å². The lowest BCUT2D eigenvalue weighted by atomic mass is 10.0. The summed E-state index contributed by atoms with van der Waals surface area (Å²) in [6.45, 7) is 0. The van der Waals surface area contributed by atoms with E-state index in [1.165, 1.54) is 34.5 Å². The van der Waals surface area contributed by atoms with Crippen LogP contribution in [0.2, 0.25) is 0 Å². The fourth-order valence-electron chi connectivity index (χ4n) is 3.23. The number of carbonyl (C=O) groups excluding carboxylic acids is 2. The molecule has 178 valence electrons. The maximum Gasteiger partial charge on any atom is 0.224 e. The topological polar surface area (TPSA) is 123 Å². The van der Waals surface area contributed by atoms with Gasteiger partial charge in [-0.25, -0.2) is 0 Å². The van der Waals surface area contributed by atoms with E-state index in [1.807, 2.05) is 0 Å². The van der Waals surface area contributed by atoms with E-state index in [2.05, 4.69) is 5.32 Å². The van der Waals surface area contributed by atoms with E-state index in [9.17, 15) is 18.4 Å². The van der Waals surface area contributed by atoms with Crippen molar-refractivity contribution in [2.45, 2.75) is 18.6 Å². The van der Waals surface area contributed by atoms with Crippen molar-refractivity contribution in [3.05, 3.63) is 53.1 Å². The molecule has 0 aliphatic rings. The molecule has 0 heterocycles. The molecular formula is C23H26NO8S-. The van der Waals surface area contributed by atoms with Crippen molar-refractivity contribution < 1.29 is 37.3 Å². The zero-order valence-corrected chi connectivity index (χ0v) is 19.7. The molecule has 2 rings (SSSR count). The Morgan fingerprint density at radius 2 is 1.64 bits per heavy atom. The number of methoxy groups -OCH3 is 4. The van der Waals surface area contributed by atoms with E-state index in [0.717, 1.165) is 0 Å². The average Bonchev–Trinajstić information content (AvgIpc) is 2.81. The van der Waals surface area contributed by atoms with Gasteiger partial charge < -0.3 is 33.6 Å². The number of rotatable bonds is 12. The molecule has 0 aliphatic carbocycles. The lowest BCUT2D eigenvalue weighted by Crippen LogP contribution is -2.13. The Morgan fingerprint density at radius 1 is 1.00 bits per heavy atom. The highest BCUT2D eigenvalue weighted by atomic mass is 32.2. The average molecular weight is 477 g/mol. The Bertz CT molecular complexity index is 1050. The number of anilines is 1. The standard InChI is InChI=1S/C23H27NO8S/c1-29-19-9-6-5-8-16(19)22(31-3)23(32-4)17-13-20(30-2)18(12-15(17)14-33(27)28)24-21(26)10-7-11-25/h5-6,8-9,11-13H,7,10,14H2,1-4H3,(H,24,26)(H,27,28)/p-1. The Kier molecular flexibility index (Phi) is 9.89. The summed E-state index contributed by atoms with van der Waals surface area (Å²) in [4.78, 5) is 22.7. The summed E-state index contributed by atoms with van der Waals surface area (Å²) in [5, 5.41) is 2.66. The fourth-order valence-corrected chi connectivity index (χ4v) is 3.73. The van der Waals surface area contributed by atoms with E-state index in [0.29, 0.717) is 34.5 Å². The molecule has 1 amide bonds. The predicted octanol–water partition coefficient (Wildman–Crippen LogP) is 3.12. The summed E-state index contributed by atoms with van der Waals surface area (Å²) in [7, 11) is 5.84. The normalized spacial score (nSPS) is 12.3. The van der Waals surface area contributed by atoms with E-state index < -0.39 is 17.0 Å². The second kappa shape index (κ2) is 12.6. The smallest absolute Gasteiger partial charge is 0.224 e. The molecule has 0 saturated heterocycles. The van der Waals surface area contributed by atoms with Gasteiger partial charge in [-0.1, -0.05) is 23.2 Å². The van der Waals surface area contributed by atoms with Crippen LogP contribution in [-0.4, -0.2) is 49.4 Å². The molecule has 2 aromatic rings. The highest BCUT2D eigenvalue weighted by Crippen LogP contribution is 2.38. The van der Waals surface area contributed by atoms with Gasteiger partial charge in [0.2, 0.25) is 5.91 Å². The third-order valence-electron chi connectivity index (χ3n) is 4.67. The third-order valence-corrected chi connectivity index (χ3v) is 5.22. The summed E-state index contributed by atoms with van der Waals surface area (Å²) in [5.41, 5.74) is 1.60. The maximum atomic E-state index is 12.1. The lowest BCUT2D eigenvalue weighted by Gasteiger charge is -2.21. The van der Waals surface area contributed by atoms with Gasteiger partial charge in [0.25, 0.3) is 0 Å². The van der Waals surface area contributed by atoms with E-state index in [4.69, 9.17) is 18.9 Å². The van der Waals surface area contributed by atoms with Gasteiger partial charge in [0.15, 0.2) is 11.5 Å². The van der Waals surface area contributed by atoms with Crippen molar-refractivity contribution in [1.29, 1.82) is 0 Å². The number of carbonyl (C=O) groups is 2. The number of hydrogen-bond donors (Lipinski definition) is 1. The van der Waals surface area contributed by atoms with Crippen LogP contribution in [0, 0.1) is 0 Å². The summed E-state index contributed by atoms with van der Waals surface area (Å²) < 4.78 is 45.4. The van der Waals surface area contributed by atoms with Crippen LogP contribution in [0.15, 0.2) is 36.4 Å². The van der Waals surface area contributed by atoms with Gasteiger partial charge in [-0.05, 0) is 29.8 Å². The largest absolute Gasteiger partial charge is 0.772 e. The molecule has 0 aliphatic heterocycles. The van der Waals surface area contributed by atoms with Crippen molar-refractivity contribution in [2.24, 2.45) is 0 Å². The number of aldehydes is 1. The van der Waals surface area contributed by atoms with Gasteiger partial charge in [-0.15, -0.1) is 0 Å². The van der Waals surface area contributed by atoms with Gasteiger partial charge in [0, 0.05) is 24.2 Å². The Hall–Kier alpha value is -3.37. The number of benzene rings is 2. The summed E-state index contributed by atoms with van der Waals surface area (Å²) in [6, 6.07) is 10.2. The quantitative estimate of drug-likeness (QED) is 0.215. The Morgan fingerprint density at radius 3 is 2.21 bits per heavy atom. The predicted molar refractivity (Wildman–Crippen MR) is 123 cm³/mol. The molecule has 10 heteroatoms. The molecule has 33 heavy (non-hydrogen) atoms. The number of para-hydroxylation sites is 1. The molecule has 1 atom stereocenters. The molecular weight excluding hydrogens is 450 g/mol. The maximum absolute atomic E-state index is 12.1. The van der Waals surface area contributed by atoms with Crippen LogP contribution >= 0.6 is 0 Å². The molecule has 9 nitrogen and oxygen atoms in total. The SMILES string of the molecule is COC(=C(OC)c1ccccc1OC)c1cc(OC)c(NC(=O)CCC=O)cc1CS(=O)[O-]. The van der Waals surface area contributed by atoms with Crippen molar-refractivity contribution in [3.8, 4) is 11.5 Å². The van der Waals surface area contributed by atoms with E-state index >= 15 is 0 Å².